The van der Waals surface area contributed by atoms with Crippen molar-refractivity contribution in [2.24, 2.45) is 0 Å². The first-order valence-corrected chi connectivity index (χ1v) is 21.5. The van der Waals surface area contributed by atoms with Gasteiger partial charge in [0.2, 0.25) is 0 Å². The molecule has 0 nitrogen and oxygen atoms in total. The molecule has 53 heavy (non-hydrogen) atoms. The van der Waals surface area contributed by atoms with Crippen molar-refractivity contribution in [1.29, 1.82) is 0 Å². The second kappa shape index (κ2) is 19.2. The van der Waals surface area contributed by atoms with Crippen molar-refractivity contribution < 1.29 is 19.5 Å². The topological polar surface area (TPSA) is 0 Å². The van der Waals surface area contributed by atoms with E-state index >= 15 is 0 Å². The molecule has 0 unspecified atom stereocenters. The summed E-state index contributed by atoms with van der Waals surface area (Å²) in [6.07, 6.45) is 4.32. The number of fused-ring (bicyclic) bond motifs is 2. The van der Waals surface area contributed by atoms with Crippen LogP contribution < -0.4 is 10.6 Å². The molecule has 0 spiro atoms. The van der Waals surface area contributed by atoms with E-state index in [1.54, 1.807) is 10.6 Å². The Hall–Kier alpha value is -4.24. The molecule has 0 heterocycles. The summed E-state index contributed by atoms with van der Waals surface area (Å²) in [7, 11) is -2.22. The molecule has 0 aromatic heterocycles. The van der Waals surface area contributed by atoms with Gasteiger partial charge in [0.1, 0.15) is 10.6 Å². The molecule has 8 rings (SSSR count). The monoisotopic (exact) mass is 812 g/mol. The molecule has 0 saturated heterocycles. The van der Waals surface area contributed by atoms with Crippen molar-refractivity contribution in [2.75, 3.05) is 0 Å². The fourth-order valence-electron chi connectivity index (χ4n) is 7.55. The summed E-state index contributed by atoms with van der Waals surface area (Å²) in [5.41, 5.74) is 8.61. The Balaban J connectivity index is 0.00000180. The third-order valence-corrected chi connectivity index (χ3v) is 15.6. The number of rotatable bonds is 11. The van der Waals surface area contributed by atoms with Gasteiger partial charge in [0, 0.05) is 27.0 Å². The summed E-state index contributed by atoms with van der Waals surface area (Å²) in [5.74, 6) is 0. The Morgan fingerprint density at radius 1 is 0.283 bits per heavy atom. The van der Waals surface area contributed by atoms with E-state index in [0.29, 0.717) is 0 Å². The van der Waals surface area contributed by atoms with Gasteiger partial charge in [-0.3, -0.25) is 0 Å². The first kappa shape index (κ1) is 40.0. The maximum absolute atomic E-state index is 2.50. The second-order valence-corrected chi connectivity index (χ2v) is 18.2. The molecule has 0 aliphatic carbocycles. The summed E-state index contributed by atoms with van der Waals surface area (Å²) in [4.78, 5) is 0. The first-order valence-electron chi connectivity index (χ1n) is 17.7. The van der Waals surface area contributed by atoms with Crippen molar-refractivity contribution in [3.63, 3.8) is 0 Å². The Kier molecular flexibility index (Phi) is 14.5. The van der Waals surface area contributed by atoms with Gasteiger partial charge in [-0.2, -0.15) is 0 Å². The Labute approximate surface area is 332 Å². The van der Waals surface area contributed by atoms with Crippen LogP contribution in [0.15, 0.2) is 194 Å². The van der Waals surface area contributed by atoms with Gasteiger partial charge in [0.05, 0.1) is 24.6 Å². The molecule has 0 bridgehead atoms. The van der Waals surface area contributed by atoms with Crippen molar-refractivity contribution >= 4 is 48.0 Å². The fraction of sp³-hybridized carbons (Fsp3) is 0.0800. The number of hydrogen-bond acceptors (Lipinski definition) is 0. The molecule has 264 valence electrons. The zero-order chi connectivity index (χ0) is 33.5. The molecule has 3 heteroatoms. The van der Waals surface area contributed by atoms with Gasteiger partial charge in [0.25, 0.3) is 0 Å². The van der Waals surface area contributed by atoms with E-state index in [9.17, 15) is 0 Å². The van der Waals surface area contributed by atoms with Gasteiger partial charge in [-0.25, -0.2) is 0 Å². The molecule has 8 aromatic carbocycles. The van der Waals surface area contributed by atoms with E-state index in [1.807, 2.05) is 0 Å². The maximum Gasteiger partial charge on any atom is 2.00 e. The van der Waals surface area contributed by atoms with E-state index in [2.05, 4.69) is 194 Å². The van der Waals surface area contributed by atoms with E-state index in [4.69, 9.17) is 0 Å². The minimum absolute atomic E-state index is 0. The van der Waals surface area contributed by atoms with Gasteiger partial charge in [-0.05, 0) is 55.9 Å². The smallest absolute Gasteiger partial charge is 0.358 e. The van der Waals surface area contributed by atoms with Crippen LogP contribution in [0.4, 0.5) is 0 Å². The van der Waals surface area contributed by atoms with E-state index in [-0.39, 0.29) is 34.3 Å². The summed E-state index contributed by atoms with van der Waals surface area (Å²) >= 11 is 0. The number of hydrogen-bond donors (Lipinski definition) is 0. The minimum atomic E-state index is -1.11. The molecule has 0 aliphatic heterocycles. The molecule has 0 amide bonds. The predicted molar refractivity (Wildman–Crippen MR) is 236 cm³/mol. The van der Waals surface area contributed by atoms with Crippen molar-refractivity contribution in [3.8, 4) is 11.1 Å². The molecule has 0 radical (unpaired) electrons. The molecule has 0 atom stereocenters. The van der Waals surface area contributed by atoms with Crippen LogP contribution in [-0.2, 0) is 44.1 Å². The van der Waals surface area contributed by atoms with Crippen LogP contribution in [0, 0.1) is 14.9 Å². The van der Waals surface area contributed by atoms with Crippen molar-refractivity contribution in [3.05, 3.63) is 231 Å². The van der Waals surface area contributed by atoms with Crippen LogP contribution in [0.3, 0.4) is 0 Å². The van der Waals surface area contributed by atoms with Gasteiger partial charge >= 0.3 is 19.5 Å². The Morgan fingerprint density at radius 2 is 0.547 bits per heavy atom. The third-order valence-electron chi connectivity index (χ3n) is 9.91. The van der Waals surface area contributed by atoms with Gasteiger partial charge < -0.3 is 14.9 Å². The second-order valence-electron chi connectivity index (χ2n) is 13.3. The normalized spacial score (nSPS) is 10.8. The van der Waals surface area contributed by atoms with E-state index < -0.39 is 15.8 Å². The van der Waals surface area contributed by atoms with Crippen LogP contribution in [0.2, 0.25) is 0 Å². The summed E-state index contributed by atoms with van der Waals surface area (Å²) in [6.45, 7) is 0. The van der Waals surface area contributed by atoms with E-state index in [1.165, 1.54) is 54.9 Å². The van der Waals surface area contributed by atoms with Crippen molar-refractivity contribution in [2.45, 2.75) is 24.6 Å². The van der Waals surface area contributed by atoms with Gasteiger partial charge in [0.15, 0.2) is 0 Å². The standard InChI is InChI=1S/C48H40P2.2CH3.Ru/c1-5-17-37(18-6-1)33-49(34-38-19-7-2-8-20-38)45-31-29-41-25-13-15-27-43(41)47(45)48-44-28-16-14-26-42(44)30-32-46(48)50(35-39-21-9-3-10-22-39)36-40-23-11-4-12-24-40;;;/h1-32H,33-36H2;2*1H3;/q;2*-1;+2/p+2. The van der Waals surface area contributed by atoms with Crippen LogP contribution in [-0.4, -0.2) is 0 Å². The SMILES string of the molecule is [CH3-].[CH3-].[Ru+2].c1ccc(C[PH+](Cc2ccccc2)c2ccc3ccccc3c2-c2c([PH+](Cc3ccccc3)Cc3ccccc3)ccc3ccccc23)cc1. The van der Waals surface area contributed by atoms with Crippen LogP contribution in [0.25, 0.3) is 32.7 Å². The third kappa shape index (κ3) is 9.29. The van der Waals surface area contributed by atoms with Crippen LogP contribution >= 0.6 is 15.8 Å². The summed E-state index contributed by atoms with van der Waals surface area (Å²) < 4.78 is 0. The molecule has 0 aliphatic rings. The first-order chi connectivity index (χ1) is 24.8. The molecule has 8 aromatic rings. The number of benzene rings is 8. The Bertz CT molecular complexity index is 2070. The van der Waals surface area contributed by atoms with Gasteiger partial charge in [-0.1, -0.05) is 182 Å². The molecule has 0 fully saturated rings. The van der Waals surface area contributed by atoms with Gasteiger partial charge in [-0.15, -0.1) is 0 Å². The zero-order valence-corrected chi connectivity index (χ0v) is 34.4. The molecular formula is C50H48P2Ru+2. The van der Waals surface area contributed by atoms with E-state index in [0.717, 1.165) is 24.6 Å². The summed E-state index contributed by atoms with van der Waals surface area (Å²) in [6, 6.07) is 72.7. The van der Waals surface area contributed by atoms with Crippen LogP contribution in [0.5, 0.6) is 0 Å². The summed E-state index contributed by atoms with van der Waals surface area (Å²) in [5, 5.41) is 8.44. The van der Waals surface area contributed by atoms with Crippen LogP contribution in [0.1, 0.15) is 22.3 Å². The fourth-order valence-corrected chi connectivity index (χ4v) is 13.3. The average molecular weight is 812 g/mol. The largest absolute Gasteiger partial charge is 2.00 e. The quantitative estimate of drug-likeness (QED) is 0.0693. The average Bonchev–Trinajstić information content (AvgIpc) is 3.18. The Morgan fingerprint density at radius 3 is 0.849 bits per heavy atom. The van der Waals surface area contributed by atoms with Crippen molar-refractivity contribution in [1.82, 2.24) is 0 Å². The molecular weight excluding hydrogens is 764 g/mol. The minimum Gasteiger partial charge on any atom is -0.358 e. The molecule has 0 N–H and O–H groups in total. The maximum atomic E-state index is 2.50. The predicted octanol–water partition coefficient (Wildman–Crippen LogP) is 13.0. The molecule has 0 saturated carbocycles. The zero-order valence-electron chi connectivity index (χ0n) is 30.7.